The average molecular weight is 989 g/mol. The summed E-state index contributed by atoms with van der Waals surface area (Å²) in [6.45, 7) is 0.517. The zero-order valence-corrected chi connectivity index (χ0v) is 39.5. The van der Waals surface area contributed by atoms with Crippen molar-refractivity contribution in [1.82, 2.24) is 4.98 Å². The van der Waals surface area contributed by atoms with Gasteiger partial charge in [0.15, 0.2) is 6.29 Å². The van der Waals surface area contributed by atoms with E-state index < -0.39 is 0 Å². The van der Waals surface area contributed by atoms with Gasteiger partial charge in [-0.1, -0.05) is 174 Å². The number of halogens is 3. The van der Waals surface area contributed by atoms with E-state index in [-0.39, 0.29) is 5.75 Å². The van der Waals surface area contributed by atoms with Gasteiger partial charge in [-0.05, 0) is 88.1 Å². The molecule has 9 rings (SSSR count). The third kappa shape index (κ3) is 19.5. The van der Waals surface area contributed by atoms with E-state index in [9.17, 15) is 28.8 Å². The second-order valence-corrected chi connectivity index (χ2v) is 15.5. The fourth-order valence-electron chi connectivity index (χ4n) is 5.75. The molecule has 0 saturated heterocycles. The molecule has 9 aromatic rings. The predicted octanol–water partition coefficient (Wildman–Crippen LogP) is 14.5. The molecule has 8 aromatic carbocycles. The van der Waals surface area contributed by atoms with Crippen LogP contribution in [0.4, 0.5) is 0 Å². The Morgan fingerprint density at radius 2 is 0.943 bits per heavy atom. The number of hydrogen-bond acceptors (Lipinski definition) is 9. The van der Waals surface area contributed by atoms with Crippen molar-refractivity contribution in [1.29, 1.82) is 0 Å². The molecule has 0 radical (unpaired) electrons. The zero-order valence-electron chi connectivity index (χ0n) is 37.3. The number of phenols is 1. The molecule has 0 aliphatic carbocycles. The van der Waals surface area contributed by atoms with Gasteiger partial charge >= 0.3 is 0 Å². The highest BCUT2D eigenvalue weighted by Crippen LogP contribution is 2.24. The first-order valence-corrected chi connectivity index (χ1v) is 22.2. The summed E-state index contributed by atoms with van der Waals surface area (Å²) in [4.78, 5) is 65.8. The molecular formula is C58H44Cl3NO8. The molecule has 1 heterocycles. The Hall–Kier alpha value is -8.34. The normalized spacial score (nSPS) is 9.53. The minimum absolute atomic E-state index is 0.125. The maximum atomic E-state index is 10.6. The van der Waals surface area contributed by atoms with Crippen molar-refractivity contribution >= 4 is 83.3 Å². The van der Waals surface area contributed by atoms with E-state index >= 15 is 0 Å². The fraction of sp³-hybridized carbons (Fsp3) is 0.0172. The number of aldehydes is 6. The van der Waals surface area contributed by atoms with Gasteiger partial charge in [0.1, 0.15) is 49.5 Å². The Morgan fingerprint density at radius 3 is 1.51 bits per heavy atom. The number of carbonyl (C=O) groups excluding carboxylic acids is 6. The number of ether oxygens (including phenoxy) is 1. The first-order chi connectivity index (χ1) is 34.1. The van der Waals surface area contributed by atoms with Gasteiger partial charge in [0.2, 0.25) is 0 Å². The van der Waals surface area contributed by atoms with E-state index in [2.05, 4.69) is 4.98 Å². The van der Waals surface area contributed by atoms with Crippen LogP contribution in [0.2, 0.25) is 15.1 Å². The quantitative estimate of drug-likeness (QED) is 0.132. The molecule has 0 amide bonds. The second-order valence-electron chi connectivity index (χ2n) is 14.3. The van der Waals surface area contributed by atoms with Crippen molar-refractivity contribution in [3.63, 3.8) is 0 Å². The summed E-state index contributed by atoms with van der Waals surface area (Å²) in [5.41, 5.74) is 6.94. The maximum Gasteiger partial charge on any atom is 0.151 e. The van der Waals surface area contributed by atoms with Gasteiger partial charge in [0, 0.05) is 50.8 Å². The minimum Gasteiger partial charge on any atom is -0.508 e. The lowest BCUT2D eigenvalue weighted by atomic mass is 10.1. The van der Waals surface area contributed by atoms with E-state index in [0.717, 1.165) is 52.8 Å². The van der Waals surface area contributed by atoms with Gasteiger partial charge in [0.25, 0.3) is 0 Å². The standard InChI is InChI=1S/C14H12O2.C12H9NO.C11H8O.C7H4Cl2O.C7H5ClO.C7H6O2/c15-10-13-7-4-8-14(9-13)16-11-12-5-2-1-3-6-12;14-9-10-1-3-11(4-2-10)12-5-7-13-8-6-12;12-8-9-5-6-10-3-1-2-4-11(10)7-9;8-6-3-1-2-5(4-10)7(6)9;8-7-3-1-6(5-9)2-4-7;8-5-6-2-1-3-7(9)4-6/h1-10H,11H2;1-9H;1-8H;1-4H;1-5H;1-5,9H. The number of rotatable bonds is 10. The Balaban J connectivity index is 0.000000185. The summed E-state index contributed by atoms with van der Waals surface area (Å²) in [6, 6.07) is 59.9. The number of carbonyl (C=O) groups is 6. The molecule has 12 heteroatoms. The molecule has 9 nitrogen and oxygen atoms in total. The van der Waals surface area contributed by atoms with Gasteiger partial charge in [-0.2, -0.15) is 0 Å². The third-order valence-corrected chi connectivity index (χ3v) is 10.4. The van der Waals surface area contributed by atoms with Gasteiger partial charge in [0.05, 0.1) is 10.0 Å². The molecule has 0 unspecified atom stereocenters. The Labute approximate surface area is 420 Å². The van der Waals surface area contributed by atoms with Gasteiger partial charge in [-0.3, -0.25) is 33.8 Å². The number of fused-ring (bicyclic) bond motifs is 1. The lowest BCUT2D eigenvalue weighted by Crippen LogP contribution is -1.95. The Kier molecular flexibility index (Phi) is 23.9. The summed E-state index contributed by atoms with van der Waals surface area (Å²) in [5, 5.41) is 12.4. The average Bonchev–Trinajstić information content (AvgIpc) is 3.42. The van der Waals surface area contributed by atoms with Crippen LogP contribution in [0, 0.1) is 0 Å². The van der Waals surface area contributed by atoms with Crippen molar-refractivity contribution in [2.24, 2.45) is 0 Å². The minimum atomic E-state index is 0.125. The van der Waals surface area contributed by atoms with Crippen molar-refractivity contribution in [3.05, 3.63) is 267 Å². The van der Waals surface area contributed by atoms with Crippen LogP contribution in [0.25, 0.3) is 21.9 Å². The Bertz CT molecular complexity index is 3040. The van der Waals surface area contributed by atoms with Gasteiger partial charge < -0.3 is 9.84 Å². The smallest absolute Gasteiger partial charge is 0.151 e. The summed E-state index contributed by atoms with van der Waals surface area (Å²) < 4.78 is 5.58. The van der Waals surface area contributed by atoms with Crippen LogP contribution in [0.1, 0.15) is 67.7 Å². The molecule has 350 valence electrons. The maximum absolute atomic E-state index is 10.6. The number of benzene rings is 8. The van der Waals surface area contributed by atoms with E-state index in [1.54, 1.807) is 79.1 Å². The summed E-state index contributed by atoms with van der Waals surface area (Å²) in [6.07, 6.45) is 8.19. The highest BCUT2D eigenvalue weighted by atomic mass is 35.5. The van der Waals surface area contributed by atoms with E-state index in [4.69, 9.17) is 44.6 Å². The van der Waals surface area contributed by atoms with Crippen LogP contribution >= 0.6 is 34.8 Å². The Morgan fingerprint density at radius 1 is 0.429 bits per heavy atom. The van der Waals surface area contributed by atoms with Crippen LogP contribution < -0.4 is 4.74 Å². The zero-order chi connectivity index (χ0) is 50.4. The van der Waals surface area contributed by atoms with Crippen LogP contribution in [0.5, 0.6) is 11.5 Å². The van der Waals surface area contributed by atoms with E-state index in [1.165, 1.54) is 17.5 Å². The van der Waals surface area contributed by atoms with Crippen molar-refractivity contribution in [2.75, 3.05) is 0 Å². The van der Waals surface area contributed by atoms with Gasteiger partial charge in [-0.15, -0.1) is 0 Å². The molecule has 70 heavy (non-hydrogen) atoms. The number of nitrogens with zero attached hydrogens (tertiary/aromatic N) is 1. The predicted molar refractivity (Wildman–Crippen MR) is 279 cm³/mol. The lowest BCUT2D eigenvalue weighted by molar-refractivity contribution is 0.111. The molecule has 0 fully saturated rings. The van der Waals surface area contributed by atoms with Crippen LogP contribution in [-0.2, 0) is 6.61 Å². The molecule has 0 atom stereocenters. The first-order valence-electron chi connectivity index (χ1n) is 21.0. The number of aromatic nitrogens is 1. The molecular weight excluding hydrogens is 945 g/mol. The van der Waals surface area contributed by atoms with Crippen LogP contribution in [0.15, 0.2) is 213 Å². The summed E-state index contributed by atoms with van der Waals surface area (Å²) in [7, 11) is 0. The molecule has 0 aliphatic heterocycles. The molecule has 0 aliphatic rings. The molecule has 1 aromatic heterocycles. The topological polar surface area (TPSA) is 145 Å². The third-order valence-electron chi connectivity index (χ3n) is 9.33. The molecule has 1 N–H and O–H groups in total. The van der Waals surface area contributed by atoms with Gasteiger partial charge in [-0.25, -0.2) is 0 Å². The van der Waals surface area contributed by atoms with E-state index in [0.29, 0.717) is 67.8 Å². The summed E-state index contributed by atoms with van der Waals surface area (Å²) >= 11 is 16.8. The number of phenolic OH excluding ortho intramolecular Hbond substituents is 1. The van der Waals surface area contributed by atoms with Crippen LogP contribution in [-0.4, -0.2) is 47.8 Å². The lowest BCUT2D eigenvalue weighted by Gasteiger charge is -2.06. The van der Waals surface area contributed by atoms with Crippen molar-refractivity contribution < 1.29 is 38.6 Å². The number of pyridine rings is 1. The highest BCUT2D eigenvalue weighted by Gasteiger charge is 2.01. The fourth-order valence-corrected chi connectivity index (χ4v) is 6.23. The monoisotopic (exact) mass is 987 g/mol. The SMILES string of the molecule is O=Cc1ccc(-c2ccncc2)cc1.O=Cc1ccc(Cl)cc1.O=Cc1ccc2ccccc2c1.O=Cc1cccc(Cl)c1Cl.O=Cc1cccc(O)c1.O=Cc1cccc(OCc2ccccc2)c1. The largest absolute Gasteiger partial charge is 0.508 e. The molecule has 0 spiro atoms. The summed E-state index contributed by atoms with van der Waals surface area (Å²) in [5.74, 6) is 0.841. The molecule has 0 bridgehead atoms. The van der Waals surface area contributed by atoms with Crippen LogP contribution in [0.3, 0.4) is 0 Å². The number of aromatic hydroxyl groups is 1. The van der Waals surface area contributed by atoms with E-state index in [1.807, 2.05) is 121 Å². The molecule has 0 saturated carbocycles. The van der Waals surface area contributed by atoms with Crippen molar-refractivity contribution in [3.8, 4) is 22.6 Å². The second kappa shape index (κ2) is 30.8. The number of hydrogen-bond donors (Lipinski definition) is 1. The first kappa shape index (κ1) is 54.3. The highest BCUT2D eigenvalue weighted by molar-refractivity contribution is 6.43. The van der Waals surface area contributed by atoms with Crippen molar-refractivity contribution in [2.45, 2.75) is 6.61 Å².